The summed E-state index contributed by atoms with van der Waals surface area (Å²) in [6.07, 6.45) is 3.04. The molecule has 0 aromatic rings. The molecule has 0 aliphatic carbocycles. The Morgan fingerprint density at radius 2 is 2.06 bits per heavy atom. The maximum absolute atomic E-state index is 11.7. The summed E-state index contributed by atoms with van der Waals surface area (Å²) in [4.78, 5) is 13.5. The zero-order valence-electron chi connectivity index (χ0n) is 10.1. The largest absolute Gasteiger partial charge is 0.339 e. The molecule has 0 aromatic heterocycles. The predicted octanol–water partition coefficient (Wildman–Crippen LogP) is 1.21. The van der Waals surface area contributed by atoms with E-state index < -0.39 is 9.84 Å². The van der Waals surface area contributed by atoms with Crippen molar-refractivity contribution in [3.05, 3.63) is 0 Å². The van der Waals surface area contributed by atoms with Crippen molar-refractivity contribution < 1.29 is 13.2 Å². The van der Waals surface area contributed by atoms with E-state index in [0.717, 1.165) is 12.8 Å². The number of hydrogen-bond acceptors (Lipinski definition) is 3. The molecule has 0 N–H and O–H groups in total. The van der Waals surface area contributed by atoms with E-state index in [-0.39, 0.29) is 23.5 Å². The van der Waals surface area contributed by atoms with Gasteiger partial charge in [-0.05, 0) is 12.8 Å². The molecule has 1 atom stereocenters. The highest BCUT2D eigenvalue weighted by Gasteiger charge is 2.33. The van der Waals surface area contributed by atoms with Crippen molar-refractivity contribution in [3.8, 4) is 0 Å². The molecule has 94 valence electrons. The van der Waals surface area contributed by atoms with E-state index >= 15 is 0 Å². The van der Waals surface area contributed by atoms with Crippen molar-refractivity contribution in [2.75, 3.05) is 18.1 Å². The van der Waals surface area contributed by atoms with Crippen molar-refractivity contribution >= 4 is 15.7 Å². The normalized spacial score (nSPS) is 23.2. The van der Waals surface area contributed by atoms with E-state index in [9.17, 15) is 13.2 Å². The van der Waals surface area contributed by atoms with E-state index in [4.69, 9.17) is 0 Å². The van der Waals surface area contributed by atoms with E-state index in [2.05, 4.69) is 6.92 Å². The second-order valence-corrected chi connectivity index (χ2v) is 6.58. The van der Waals surface area contributed by atoms with Gasteiger partial charge in [-0.2, -0.15) is 0 Å². The van der Waals surface area contributed by atoms with Crippen LogP contribution in [0.15, 0.2) is 0 Å². The first kappa shape index (κ1) is 13.5. The van der Waals surface area contributed by atoms with Gasteiger partial charge in [0.15, 0.2) is 9.84 Å². The average Bonchev–Trinajstić information content (AvgIpc) is 2.59. The van der Waals surface area contributed by atoms with Gasteiger partial charge in [0.1, 0.15) is 0 Å². The highest BCUT2D eigenvalue weighted by molar-refractivity contribution is 7.91. The Morgan fingerprint density at radius 1 is 1.38 bits per heavy atom. The Bertz CT molecular complexity index is 337. The molecule has 4 nitrogen and oxygen atoms in total. The molecule has 0 spiro atoms. The first-order valence-corrected chi connectivity index (χ1v) is 7.82. The van der Waals surface area contributed by atoms with Gasteiger partial charge in [0.25, 0.3) is 0 Å². The van der Waals surface area contributed by atoms with Crippen molar-refractivity contribution in [2.45, 2.75) is 45.6 Å². The maximum Gasteiger partial charge on any atom is 0.222 e. The fourth-order valence-corrected chi connectivity index (χ4v) is 3.79. The summed E-state index contributed by atoms with van der Waals surface area (Å²) in [5.41, 5.74) is 0. The van der Waals surface area contributed by atoms with Gasteiger partial charge in [0.05, 0.1) is 11.5 Å². The topological polar surface area (TPSA) is 54.5 Å². The third kappa shape index (κ3) is 3.47. The van der Waals surface area contributed by atoms with Gasteiger partial charge in [-0.15, -0.1) is 0 Å². The lowest BCUT2D eigenvalue weighted by molar-refractivity contribution is -0.132. The quantitative estimate of drug-likeness (QED) is 0.734. The number of carbonyl (C=O) groups excluding carboxylic acids is 1. The molecule has 0 saturated carbocycles. The zero-order valence-corrected chi connectivity index (χ0v) is 10.9. The van der Waals surface area contributed by atoms with E-state index in [1.807, 2.05) is 6.92 Å². The molecule has 1 unspecified atom stereocenters. The lowest BCUT2D eigenvalue weighted by Crippen LogP contribution is -2.41. The van der Waals surface area contributed by atoms with Crippen molar-refractivity contribution in [1.82, 2.24) is 4.90 Å². The molecular formula is C11H21NO3S. The van der Waals surface area contributed by atoms with Crippen LogP contribution in [0.3, 0.4) is 0 Å². The Morgan fingerprint density at radius 3 is 2.50 bits per heavy atom. The summed E-state index contributed by atoms with van der Waals surface area (Å²) in [5.74, 6) is 0.468. The second kappa shape index (κ2) is 5.66. The minimum absolute atomic E-state index is 0.0792. The average molecular weight is 247 g/mol. The van der Waals surface area contributed by atoms with Gasteiger partial charge in [0, 0.05) is 19.0 Å². The third-order valence-corrected chi connectivity index (χ3v) is 4.77. The number of rotatable bonds is 5. The fourth-order valence-electron chi connectivity index (χ4n) is 2.06. The molecule has 16 heavy (non-hydrogen) atoms. The molecule has 1 fully saturated rings. The molecule has 0 bridgehead atoms. The Balaban J connectivity index is 2.66. The highest BCUT2D eigenvalue weighted by atomic mass is 32.2. The summed E-state index contributed by atoms with van der Waals surface area (Å²) in [7, 11) is -2.90. The van der Waals surface area contributed by atoms with E-state index in [1.165, 1.54) is 0 Å². The highest BCUT2D eigenvalue weighted by Crippen LogP contribution is 2.19. The number of unbranched alkanes of at least 4 members (excludes halogenated alkanes) is 1. The van der Waals surface area contributed by atoms with Gasteiger partial charge in [0.2, 0.25) is 5.91 Å². The van der Waals surface area contributed by atoms with Crippen LogP contribution in [-0.2, 0) is 14.6 Å². The molecule has 0 aromatic carbocycles. The number of amides is 1. The number of nitrogens with zero attached hydrogens (tertiary/aromatic N) is 1. The first-order chi connectivity index (χ1) is 7.50. The van der Waals surface area contributed by atoms with Gasteiger partial charge in [-0.1, -0.05) is 20.3 Å². The van der Waals surface area contributed by atoms with Crippen LogP contribution in [0.2, 0.25) is 0 Å². The molecule has 1 aliphatic rings. The molecule has 0 radical (unpaired) electrons. The molecular weight excluding hydrogens is 226 g/mol. The predicted molar refractivity (Wildman–Crippen MR) is 64.0 cm³/mol. The number of hydrogen-bond donors (Lipinski definition) is 0. The smallest absolute Gasteiger partial charge is 0.222 e. The van der Waals surface area contributed by atoms with Crippen LogP contribution in [0.1, 0.15) is 39.5 Å². The zero-order chi connectivity index (χ0) is 12.2. The molecule has 1 aliphatic heterocycles. The number of sulfone groups is 1. The van der Waals surface area contributed by atoms with Crippen LogP contribution in [0.5, 0.6) is 0 Å². The van der Waals surface area contributed by atoms with Crippen LogP contribution in [0.25, 0.3) is 0 Å². The van der Waals surface area contributed by atoms with Gasteiger partial charge in [-0.25, -0.2) is 8.42 Å². The van der Waals surface area contributed by atoms with Crippen LogP contribution in [-0.4, -0.2) is 43.3 Å². The van der Waals surface area contributed by atoms with Gasteiger partial charge in [-0.3, -0.25) is 4.79 Å². The Labute approximate surface area is 97.9 Å². The van der Waals surface area contributed by atoms with Crippen molar-refractivity contribution in [1.29, 1.82) is 0 Å². The second-order valence-electron chi connectivity index (χ2n) is 4.35. The Kier molecular flexibility index (Phi) is 4.77. The fraction of sp³-hybridized carbons (Fsp3) is 0.909. The van der Waals surface area contributed by atoms with Crippen LogP contribution < -0.4 is 0 Å². The van der Waals surface area contributed by atoms with Crippen LogP contribution in [0, 0.1) is 0 Å². The summed E-state index contributed by atoms with van der Waals surface area (Å²) in [6.45, 7) is 4.59. The SMILES string of the molecule is CCCCN(C(=O)CC)C1CCS(=O)(=O)C1. The van der Waals surface area contributed by atoms with Gasteiger partial charge >= 0.3 is 0 Å². The monoisotopic (exact) mass is 247 g/mol. The third-order valence-electron chi connectivity index (χ3n) is 3.02. The summed E-state index contributed by atoms with van der Waals surface area (Å²) in [6, 6.07) is -0.0796. The summed E-state index contributed by atoms with van der Waals surface area (Å²) in [5, 5.41) is 0. The minimum atomic E-state index is -2.90. The first-order valence-electron chi connectivity index (χ1n) is 6.00. The van der Waals surface area contributed by atoms with E-state index in [0.29, 0.717) is 19.4 Å². The van der Waals surface area contributed by atoms with Crippen molar-refractivity contribution in [3.63, 3.8) is 0 Å². The molecule has 1 heterocycles. The molecule has 1 amide bonds. The lowest BCUT2D eigenvalue weighted by Gasteiger charge is -2.27. The van der Waals surface area contributed by atoms with Crippen LogP contribution in [0.4, 0.5) is 0 Å². The maximum atomic E-state index is 11.7. The summed E-state index contributed by atoms with van der Waals surface area (Å²) >= 11 is 0. The van der Waals surface area contributed by atoms with Gasteiger partial charge < -0.3 is 4.90 Å². The van der Waals surface area contributed by atoms with E-state index in [1.54, 1.807) is 4.90 Å². The molecule has 5 heteroatoms. The standard InChI is InChI=1S/C11H21NO3S/c1-3-5-7-12(11(13)4-2)10-6-8-16(14,15)9-10/h10H,3-9H2,1-2H3. The summed E-state index contributed by atoms with van der Waals surface area (Å²) < 4.78 is 22.8. The lowest BCUT2D eigenvalue weighted by atomic mass is 10.2. The van der Waals surface area contributed by atoms with Crippen molar-refractivity contribution in [2.24, 2.45) is 0 Å². The van der Waals surface area contributed by atoms with Crippen LogP contribution >= 0.6 is 0 Å². The molecule has 1 saturated heterocycles. The minimum Gasteiger partial charge on any atom is -0.339 e. The molecule has 1 rings (SSSR count). The Hall–Kier alpha value is -0.580. The number of carbonyl (C=O) groups is 1.